The zero-order valence-electron chi connectivity index (χ0n) is 8.27. The van der Waals surface area contributed by atoms with Crippen LogP contribution in [0.2, 0.25) is 5.02 Å². The quantitative estimate of drug-likeness (QED) is 0.852. The van der Waals surface area contributed by atoms with E-state index in [1.54, 1.807) is 12.4 Å². The molecule has 0 spiro atoms. The third-order valence-corrected chi connectivity index (χ3v) is 3.81. The standard InChI is InChI=1S/C11H9ClIN3/c12-9-3-7(1-2-10(9)13)11(14)8-4-15-6-16-5-8/h1-6,11H,14H2. The molecule has 82 valence electrons. The highest BCUT2D eigenvalue weighted by Crippen LogP contribution is 2.25. The molecule has 1 heterocycles. The van der Waals surface area contributed by atoms with Crippen LogP contribution in [0.15, 0.2) is 36.9 Å². The predicted octanol–water partition coefficient (Wildman–Crippen LogP) is 2.78. The Morgan fingerprint density at radius 1 is 1.19 bits per heavy atom. The first-order valence-electron chi connectivity index (χ1n) is 4.64. The summed E-state index contributed by atoms with van der Waals surface area (Å²) >= 11 is 8.23. The maximum atomic E-state index is 6.09. The van der Waals surface area contributed by atoms with Crippen molar-refractivity contribution in [2.75, 3.05) is 0 Å². The van der Waals surface area contributed by atoms with Crippen LogP contribution >= 0.6 is 34.2 Å². The minimum Gasteiger partial charge on any atom is -0.320 e. The Kier molecular flexibility index (Phi) is 3.73. The van der Waals surface area contributed by atoms with Gasteiger partial charge < -0.3 is 5.73 Å². The Labute approximate surface area is 112 Å². The number of rotatable bonds is 2. The minimum atomic E-state index is -0.240. The van der Waals surface area contributed by atoms with Crippen molar-refractivity contribution in [3.63, 3.8) is 0 Å². The molecule has 16 heavy (non-hydrogen) atoms. The van der Waals surface area contributed by atoms with Crippen LogP contribution < -0.4 is 5.73 Å². The zero-order chi connectivity index (χ0) is 11.5. The first-order chi connectivity index (χ1) is 7.68. The van der Waals surface area contributed by atoms with E-state index >= 15 is 0 Å². The molecule has 0 aliphatic rings. The molecule has 0 saturated heterocycles. The van der Waals surface area contributed by atoms with Gasteiger partial charge in [0, 0.05) is 21.5 Å². The molecule has 1 aromatic carbocycles. The highest BCUT2D eigenvalue weighted by atomic mass is 127. The van der Waals surface area contributed by atoms with Crippen molar-refractivity contribution in [1.29, 1.82) is 0 Å². The summed E-state index contributed by atoms with van der Waals surface area (Å²) < 4.78 is 1.01. The third kappa shape index (κ3) is 2.50. The maximum Gasteiger partial charge on any atom is 0.115 e. The number of benzene rings is 1. The fourth-order valence-corrected chi connectivity index (χ4v) is 1.89. The lowest BCUT2D eigenvalue weighted by Crippen LogP contribution is -2.12. The molecule has 0 aliphatic heterocycles. The highest BCUT2D eigenvalue weighted by molar-refractivity contribution is 14.1. The molecule has 2 aromatic rings. The van der Waals surface area contributed by atoms with Gasteiger partial charge in [0.1, 0.15) is 6.33 Å². The van der Waals surface area contributed by atoms with Gasteiger partial charge in [-0.15, -0.1) is 0 Å². The van der Waals surface area contributed by atoms with E-state index < -0.39 is 0 Å². The molecule has 1 aromatic heterocycles. The van der Waals surface area contributed by atoms with Crippen LogP contribution in [-0.2, 0) is 0 Å². The summed E-state index contributed by atoms with van der Waals surface area (Å²) in [7, 11) is 0. The fourth-order valence-electron chi connectivity index (χ4n) is 1.37. The molecule has 0 fully saturated rings. The van der Waals surface area contributed by atoms with Crippen molar-refractivity contribution in [2.24, 2.45) is 5.73 Å². The smallest absolute Gasteiger partial charge is 0.115 e. The van der Waals surface area contributed by atoms with Gasteiger partial charge in [0.05, 0.1) is 11.1 Å². The normalized spacial score (nSPS) is 12.4. The van der Waals surface area contributed by atoms with Crippen LogP contribution in [0, 0.1) is 3.57 Å². The molecule has 0 bridgehead atoms. The summed E-state index contributed by atoms with van der Waals surface area (Å²) in [5, 5.41) is 0.713. The Balaban J connectivity index is 2.34. The van der Waals surface area contributed by atoms with Crippen molar-refractivity contribution in [2.45, 2.75) is 6.04 Å². The molecule has 1 atom stereocenters. The lowest BCUT2D eigenvalue weighted by molar-refractivity contribution is 0.850. The number of halogens is 2. The van der Waals surface area contributed by atoms with Crippen molar-refractivity contribution in [3.8, 4) is 0 Å². The van der Waals surface area contributed by atoms with E-state index in [2.05, 4.69) is 32.6 Å². The largest absolute Gasteiger partial charge is 0.320 e. The van der Waals surface area contributed by atoms with Gasteiger partial charge in [-0.2, -0.15) is 0 Å². The Morgan fingerprint density at radius 3 is 2.50 bits per heavy atom. The van der Waals surface area contributed by atoms with Crippen molar-refractivity contribution in [1.82, 2.24) is 9.97 Å². The van der Waals surface area contributed by atoms with E-state index in [0.29, 0.717) is 5.02 Å². The fraction of sp³-hybridized carbons (Fsp3) is 0.0909. The number of aromatic nitrogens is 2. The second-order valence-corrected chi connectivity index (χ2v) is 4.89. The summed E-state index contributed by atoms with van der Waals surface area (Å²) in [6, 6.07) is 5.55. The number of hydrogen-bond acceptors (Lipinski definition) is 3. The van der Waals surface area contributed by atoms with Gasteiger partial charge >= 0.3 is 0 Å². The summed E-state index contributed by atoms with van der Waals surface area (Å²) in [5.74, 6) is 0. The molecular weight excluding hydrogens is 336 g/mol. The van der Waals surface area contributed by atoms with Gasteiger partial charge in [0.2, 0.25) is 0 Å². The topological polar surface area (TPSA) is 51.8 Å². The molecular formula is C11H9ClIN3. The Morgan fingerprint density at radius 2 is 1.88 bits per heavy atom. The molecule has 0 aliphatic carbocycles. The summed E-state index contributed by atoms with van der Waals surface area (Å²) in [5.41, 5.74) is 7.93. The monoisotopic (exact) mass is 345 g/mol. The van der Waals surface area contributed by atoms with Crippen LogP contribution in [-0.4, -0.2) is 9.97 Å². The molecule has 0 amide bonds. The van der Waals surface area contributed by atoms with Gasteiger partial charge in [0.15, 0.2) is 0 Å². The lowest BCUT2D eigenvalue weighted by Gasteiger charge is -2.12. The minimum absolute atomic E-state index is 0.240. The average molecular weight is 346 g/mol. The van der Waals surface area contributed by atoms with Gasteiger partial charge in [-0.25, -0.2) is 9.97 Å². The summed E-state index contributed by atoms with van der Waals surface area (Å²) in [6.45, 7) is 0. The second-order valence-electron chi connectivity index (χ2n) is 3.32. The van der Waals surface area contributed by atoms with E-state index in [-0.39, 0.29) is 6.04 Å². The summed E-state index contributed by atoms with van der Waals surface area (Å²) in [4.78, 5) is 7.89. The van der Waals surface area contributed by atoms with Crippen molar-refractivity contribution >= 4 is 34.2 Å². The number of nitrogens with two attached hydrogens (primary N) is 1. The SMILES string of the molecule is NC(c1cncnc1)c1ccc(I)c(Cl)c1. The zero-order valence-corrected chi connectivity index (χ0v) is 11.2. The first kappa shape index (κ1) is 11.8. The maximum absolute atomic E-state index is 6.09. The molecule has 0 saturated carbocycles. The Hall–Kier alpha value is -0.720. The van der Waals surface area contributed by atoms with Gasteiger partial charge in [-0.1, -0.05) is 17.7 Å². The van der Waals surface area contributed by atoms with Crippen LogP contribution in [0.4, 0.5) is 0 Å². The van der Waals surface area contributed by atoms with Crippen LogP contribution in [0.25, 0.3) is 0 Å². The molecule has 0 radical (unpaired) electrons. The van der Waals surface area contributed by atoms with E-state index in [1.165, 1.54) is 6.33 Å². The number of nitrogens with zero attached hydrogens (tertiary/aromatic N) is 2. The van der Waals surface area contributed by atoms with E-state index in [0.717, 1.165) is 14.7 Å². The van der Waals surface area contributed by atoms with Crippen molar-refractivity contribution in [3.05, 3.63) is 56.6 Å². The summed E-state index contributed by atoms with van der Waals surface area (Å²) in [6.07, 6.45) is 4.91. The van der Waals surface area contributed by atoms with Gasteiger partial charge in [-0.3, -0.25) is 0 Å². The van der Waals surface area contributed by atoms with E-state index in [1.807, 2.05) is 18.2 Å². The molecule has 2 N–H and O–H groups in total. The highest BCUT2D eigenvalue weighted by Gasteiger charge is 2.10. The number of hydrogen-bond donors (Lipinski definition) is 1. The second kappa shape index (κ2) is 5.07. The first-order valence-corrected chi connectivity index (χ1v) is 6.09. The van der Waals surface area contributed by atoms with Crippen LogP contribution in [0.3, 0.4) is 0 Å². The van der Waals surface area contributed by atoms with Gasteiger partial charge in [0.25, 0.3) is 0 Å². The average Bonchev–Trinajstić information content (AvgIpc) is 2.33. The molecule has 3 nitrogen and oxygen atoms in total. The van der Waals surface area contributed by atoms with Crippen LogP contribution in [0.5, 0.6) is 0 Å². The van der Waals surface area contributed by atoms with E-state index in [9.17, 15) is 0 Å². The van der Waals surface area contributed by atoms with Crippen molar-refractivity contribution < 1.29 is 0 Å². The van der Waals surface area contributed by atoms with Crippen LogP contribution in [0.1, 0.15) is 17.2 Å². The Bertz CT molecular complexity index is 490. The van der Waals surface area contributed by atoms with E-state index in [4.69, 9.17) is 17.3 Å². The van der Waals surface area contributed by atoms with Gasteiger partial charge in [-0.05, 0) is 40.3 Å². The molecule has 2 rings (SSSR count). The third-order valence-electron chi connectivity index (χ3n) is 2.24. The predicted molar refractivity (Wildman–Crippen MR) is 72.2 cm³/mol. The molecule has 1 unspecified atom stereocenters. The lowest BCUT2D eigenvalue weighted by atomic mass is 10.0. The molecule has 5 heteroatoms.